The Bertz CT molecular complexity index is 345. The molecule has 0 aliphatic carbocycles. The fourth-order valence-electron chi connectivity index (χ4n) is 1.13. The van der Waals surface area contributed by atoms with Crippen molar-refractivity contribution in [2.45, 2.75) is 18.2 Å². The molecule has 1 heterocycles. The summed E-state index contributed by atoms with van der Waals surface area (Å²) in [6.07, 6.45) is 0.824. The third kappa shape index (κ3) is 4.15. The summed E-state index contributed by atoms with van der Waals surface area (Å²) >= 11 is 4.57. The van der Waals surface area contributed by atoms with Crippen LogP contribution in [0.2, 0.25) is 0 Å². The van der Waals surface area contributed by atoms with Crippen molar-refractivity contribution in [3.05, 3.63) is 10.6 Å². The third-order valence-electron chi connectivity index (χ3n) is 1.95. The minimum Gasteiger partial charge on any atom is -0.384 e. The lowest BCUT2D eigenvalue weighted by atomic mass is 10.3. The van der Waals surface area contributed by atoms with E-state index >= 15 is 0 Å². The minimum atomic E-state index is -0.107. The van der Waals surface area contributed by atoms with Gasteiger partial charge >= 0.3 is 0 Å². The van der Waals surface area contributed by atoms with Crippen LogP contribution in [-0.4, -0.2) is 40.6 Å². The van der Waals surface area contributed by atoms with Gasteiger partial charge in [-0.2, -0.15) is 0 Å². The predicted octanol–water partition coefficient (Wildman–Crippen LogP) is 1.38. The summed E-state index contributed by atoms with van der Waals surface area (Å²) in [4.78, 5) is 12.5. The highest BCUT2D eigenvalue weighted by Crippen LogP contribution is 2.09. The Morgan fingerprint density at radius 3 is 3.00 bits per heavy atom. The first-order chi connectivity index (χ1) is 7.65. The van der Waals surface area contributed by atoms with Gasteiger partial charge in [0.15, 0.2) is 0 Å². The maximum absolute atomic E-state index is 11.6. The summed E-state index contributed by atoms with van der Waals surface area (Å²) in [7, 11) is 1.65. The van der Waals surface area contributed by atoms with E-state index in [1.54, 1.807) is 14.0 Å². The van der Waals surface area contributed by atoms with E-state index in [4.69, 9.17) is 4.74 Å². The lowest BCUT2D eigenvalue weighted by molar-refractivity contribution is 0.0955. The largest absolute Gasteiger partial charge is 0.384 e. The summed E-state index contributed by atoms with van der Waals surface area (Å²) < 4.78 is 8.69. The number of methoxy groups -OCH3 is 1. The quantitative estimate of drug-likeness (QED) is 0.806. The molecule has 0 radical (unpaired) electrons. The van der Waals surface area contributed by atoms with Crippen molar-refractivity contribution in [1.82, 2.24) is 14.9 Å². The monoisotopic (exact) mass is 307 g/mol. The standard InChI is InChI=1S/C9H14BrN3O2S/c1-6-8(16-13-12-6)9(14)11-4-3-7(10)5-15-2/h7H,3-5H2,1-2H3,(H,11,14). The number of hydrogen-bond acceptors (Lipinski definition) is 5. The van der Waals surface area contributed by atoms with Crippen molar-refractivity contribution in [2.24, 2.45) is 0 Å². The highest BCUT2D eigenvalue weighted by atomic mass is 79.9. The van der Waals surface area contributed by atoms with Gasteiger partial charge in [-0.3, -0.25) is 4.79 Å². The first kappa shape index (κ1) is 13.5. The van der Waals surface area contributed by atoms with E-state index < -0.39 is 0 Å². The average molecular weight is 308 g/mol. The second-order valence-electron chi connectivity index (χ2n) is 3.28. The Hall–Kier alpha value is -0.530. The fourth-order valence-corrected chi connectivity index (χ4v) is 2.19. The Morgan fingerprint density at radius 1 is 1.69 bits per heavy atom. The number of hydrogen-bond donors (Lipinski definition) is 1. The maximum atomic E-state index is 11.6. The Kier molecular flexibility index (Phi) is 5.86. The highest BCUT2D eigenvalue weighted by molar-refractivity contribution is 9.09. The molecular formula is C9H14BrN3O2S. The summed E-state index contributed by atoms with van der Waals surface area (Å²) in [5.41, 5.74) is 0.676. The maximum Gasteiger partial charge on any atom is 0.264 e. The number of aromatic nitrogens is 2. The van der Waals surface area contributed by atoms with Gasteiger partial charge in [-0.15, -0.1) is 5.10 Å². The molecule has 1 amide bonds. The zero-order chi connectivity index (χ0) is 12.0. The first-order valence-corrected chi connectivity index (χ1v) is 6.54. The van der Waals surface area contributed by atoms with Gasteiger partial charge in [0.2, 0.25) is 0 Å². The van der Waals surface area contributed by atoms with E-state index in [1.165, 1.54) is 0 Å². The molecule has 0 spiro atoms. The van der Waals surface area contributed by atoms with Crippen LogP contribution < -0.4 is 5.32 Å². The molecule has 5 nitrogen and oxygen atoms in total. The number of amides is 1. The Morgan fingerprint density at radius 2 is 2.44 bits per heavy atom. The Labute approximate surface area is 107 Å². The summed E-state index contributed by atoms with van der Waals surface area (Å²) in [5, 5.41) is 6.61. The lowest BCUT2D eigenvalue weighted by Gasteiger charge is -2.08. The number of halogens is 1. The molecule has 0 bridgehead atoms. The van der Waals surface area contributed by atoms with E-state index in [1.807, 2.05) is 0 Å². The zero-order valence-electron chi connectivity index (χ0n) is 9.20. The number of nitrogens with one attached hydrogen (secondary N) is 1. The van der Waals surface area contributed by atoms with Gasteiger partial charge in [0, 0.05) is 18.5 Å². The molecule has 1 unspecified atom stereocenters. The first-order valence-electron chi connectivity index (χ1n) is 4.85. The number of nitrogens with zero attached hydrogens (tertiary/aromatic N) is 2. The van der Waals surface area contributed by atoms with Gasteiger partial charge in [0.1, 0.15) is 4.88 Å². The van der Waals surface area contributed by atoms with Crippen LogP contribution in [0.1, 0.15) is 21.8 Å². The van der Waals surface area contributed by atoms with Crippen molar-refractivity contribution in [1.29, 1.82) is 0 Å². The SMILES string of the molecule is COCC(Br)CCNC(=O)c1snnc1C. The van der Waals surface area contributed by atoms with Crippen LogP contribution >= 0.6 is 27.5 Å². The molecule has 90 valence electrons. The van der Waals surface area contributed by atoms with E-state index in [-0.39, 0.29) is 10.7 Å². The van der Waals surface area contributed by atoms with Crippen molar-refractivity contribution in [2.75, 3.05) is 20.3 Å². The summed E-state index contributed by atoms with van der Waals surface area (Å²) in [6.45, 7) is 3.02. The number of alkyl halides is 1. The molecule has 1 aromatic rings. The van der Waals surface area contributed by atoms with Crippen molar-refractivity contribution < 1.29 is 9.53 Å². The van der Waals surface area contributed by atoms with Crippen LogP contribution in [0.3, 0.4) is 0 Å². The van der Waals surface area contributed by atoms with Gasteiger partial charge in [0.25, 0.3) is 5.91 Å². The van der Waals surface area contributed by atoms with Crippen LogP contribution in [0.15, 0.2) is 0 Å². The normalized spacial score (nSPS) is 12.4. The van der Waals surface area contributed by atoms with Crippen LogP contribution in [0.4, 0.5) is 0 Å². The predicted molar refractivity (Wildman–Crippen MR) is 66.2 cm³/mol. The molecule has 0 saturated heterocycles. The minimum absolute atomic E-state index is 0.107. The number of carbonyl (C=O) groups is 1. The van der Waals surface area contributed by atoms with E-state index in [2.05, 4.69) is 30.8 Å². The van der Waals surface area contributed by atoms with Gasteiger partial charge in [-0.05, 0) is 24.9 Å². The van der Waals surface area contributed by atoms with E-state index in [0.29, 0.717) is 23.7 Å². The third-order valence-corrected chi connectivity index (χ3v) is 3.50. The van der Waals surface area contributed by atoms with Crippen LogP contribution in [0, 0.1) is 6.92 Å². The van der Waals surface area contributed by atoms with Crippen LogP contribution in [0.25, 0.3) is 0 Å². The van der Waals surface area contributed by atoms with Crippen LogP contribution in [0.5, 0.6) is 0 Å². The smallest absolute Gasteiger partial charge is 0.264 e. The molecule has 0 aliphatic heterocycles. The van der Waals surface area contributed by atoms with Gasteiger partial charge in [-0.1, -0.05) is 20.4 Å². The summed E-state index contributed by atoms with van der Waals surface area (Å²) in [6, 6.07) is 0. The molecule has 0 saturated carbocycles. The van der Waals surface area contributed by atoms with Crippen molar-refractivity contribution >= 4 is 33.4 Å². The number of ether oxygens (including phenoxy) is 1. The molecule has 1 atom stereocenters. The molecular weight excluding hydrogens is 294 g/mol. The van der Waals surface area contributed by atoms with Gasteiger partial charge < -0.3 is 10.1 Å². The topological polar surface area (TPSA) is 64.1 Å². The molecule has 1 N–H and O–H groups in total. The fraction of sp³-hybridized carbons (Fsp3) is 0.667. The van der Waals surface area contributed by atoms with Crippen molar-refractivity contribution in [3.8, 4) is 0 Å². The number of rotatable bonds is 6. The zero-order valence-corrected chi connectivity index (χ0v) is 11.6. The van der Waals surface area contributed by atoms with Crippen LogP contribution in [-0.2, 0) is 4.74 Å². The Balaban J connectivity index is 2.29. The molecule has 16 heavy (non-hydrogen) atoms. The average Bonchev–Trinajstić information content (AvgIpc) is 2.64. The second kappa shape index (κ2) is 6.93. The molecule has 0 aliphatic rings. The summed E-state index contributed by atoms with van der Waals surface area (Å²) in [5.74, 6) is -0.107. The molecule has 1 aromatic heterocycles. The van der Waals surface area contributed by atoms with E-state index in [0.717, 1.165) is 18.0 Å². The second-order valence-corrected chi connectivity index (χ2v) is 5.33. The highest BCUT2D eigenvalue weighted by Gasteiger charge is 2.12. The molecule has 0 fully saturated rings. The lowest BCUT2D eigenvalue weighted by Crippen LogP contribution is -2.26. The molecule has 0 aromatic carbocycles. The number of aryl methyl sites for hydroxylation is 1. The van der Waals surface area contributed by atoms with Gasteiger partial charge in [0.05, 0.1) is 12.3 Å². The molecule has 7 heteroatoms. The van der Waals surface area contributed by atoms with Crippen molar-refractivity contribution in [3.63, 3.8) is 0 Å². The van der Waals surface area contributed by atoms with Gasteiger partial charge in [-0.25, -0.2) is 0 Å². The molecule has 1 rings (SSSR count). The van der Waals surface area contributed by atoms with E-state index in [9.17, 15) is 4.79 Å². The number of carbonyl (C=O) groups excluding carboxylic acids is 1.